The monoisotopic (exact) mass is 356 g/mol. The number of hydrogen-bond acceptors (Lipinski definition) is 3. The fourth-order valence-corrected chi connectivity index (χ4v) is 2.73. The van der Waals surface area contributed by atoms with Crippen LogP contribution in [-0.4, -0.2) is 45.8 Å². The van der Waals surface area contributed by atoms with E-state index in [2.05, 4.69) is 84.0 Å². The minimum atomic E-state index is 0.531. The van der Waals surface area contributed by atoms with Crippen LogP contribution in [-0.2, 0) is 19.5 Å². The lowest BCUT2D eigenvalue weighted by atomic mass is 10.1. The third-order valence-electron chi connectivity index (χ3n) is 4.28. The van der Waals surface area contributed by atoms with Gasteiger partial charge in [0.1, 0.15) is 12.2 Å². The van der Waals surface area contributed by atoms with Crippen LogP contribution in [0, 0.1) is 12.8 Å². The van der Waals surface area contributed by atoms with Gasteiger partial charge >= 0.3 is 0 Å². The quantitative estimate of drug-likeness (QED) is 0.584. The maximum absolute atomic E-state index is 4.80. The molecule has 0 aliphatic carbocycles. The Balaban J connectivity index is 2.00. The van der Waals surface area contributed by atoms with Gasteiger partial charge in [-0.1, -0.05) is 45.0 Å². The number of nitrogens with one attached hydrogen (secondary N) is 1. The fourth-order valence-electron chi connectivity index (χ4n) is 2.73. The van der Waals surface area contributed by atoms with Crippen molar-refractivity contribution in [3.05, 3.63) is 47.5 Å². The Hall–Kier alpha value is -2.37. The molecule has 1 aromatic carbocycles. The number of aromatic nitrogens is 3. The van der Waals surface area contributed by atoms with E-state index >= 15 is 0 Å². The molecule has 0 saturated carbocycles. The summed E-state index contributed by atoms with van der Waals surface area (Å²) in [6, 6.07) is 8.50. The van der Waals surface area contributed by atoms with Gasteiger partial charge in [-0.15, -0.1) is 10.2 Å². The Morgan fingerprint density at radius 1 is 1.31 bits per heavy atom. The van der Waals surface area contributed by atoms with Crippen LogP contribution < -0.4 is 5.32 Å². The van der Waals surface area contributed by atoms with Crippen LogP contribution in [0.15, 0.2) is 35.6 Å². The van der Waals surface area contributed by atoms with Gasteiger partial charge in [-0.25, -0.2) is 0 Å². The van der Waals surface area contributed by atoms with Crippen LogP contribution in [0.1, 0.15) is 37.7 Å². The second-order valence-corrected chi connectivity index (χ2v) is 7.06. The molecule has 26 heavy (non-hydrogen) atoms. The Labute approximate surface area is 157 Å². The largest absolute Gasteiger partial charge is 0.354 e. The molecule has 0 aliphatic heterocycles. The number of nitrogens with zero attached hydrogens (tertiary/aromatic N) is 5. The lowest BCUT2D eigenvalue weighted by Crippen LogP contribution is -2.40. The first-order valence-electron chi connectivity index (χ1n) is 9.41. The number of benzene rings is 1. The summed E-state index contributed by atoms with van der Waals surface area (Å²) in [5.41, 5.74) is 2.63. The molecule has 142 valence electrons. The molecule has 0 fully saturated rings. The van der Waals surface area contributed by atoms with Crippen molar-refractivity contribution in [3.63, 3.8) is 0 Å². The van der Waals surface area contributed by atoms with E-state index in [0.717, 1.165) is 44.4 Å². The first kappa shape index (κ1) is 19.9. The van der Waals surface area contributed by atoms with E-state index in [0.29, 0.717) is 5.92 Å². The van der Waals surface area contributed by atoms with E-state index in [-0.39, 0.29) is 0 Å². The predicted molar refractivity (Wildman–Crippen MR) is 107 cm³/mol. The molecule has 6 heteroatoms. The highest BCUT2D eigenvalue weighted by atomic mass is 15.3. The minimum absolute atomic E-state index is 0.531. The molecule has 6 nitrogen and oxygen atoms in total. The second-order valence-electron chi connectivity index (χ2n) is 7.06. The van der Waals surface area contributed by atoms with E-state index in [9.17, 15) is 0 Å². The predicted octanol–water partition coefficient (Wildman–Crippen LogP) is 2.88. The van der Waals surface area contributed by atoms with Gasteiger partial charge in [0.25, 0.3) is 0 Å². The van der Waals surface area contributed by atoms with E-state index in [1.54, 1.807) is 6.33 Å². The van der Waals surface area contributed by atoms with Crippen molar-refractivity contribution in [1.29, 1.82) is 0 Å². The van der Waals surface area contributed by atoms with Crippen molar-refractivity contribution in [2.75, 3.05) is 20.1 Å². The van der Waals surface area contributed by atoms with Crippen molar-refractivity contribution in [2.45, 2.75) is 47.2 Å². The summed E-state index contributed by atoms with van der Waals surface area (Å²) in [6.45, 7) is 11.9. The van der Waals surface area contributed by atoms with Crippen molar-refractivity contribution in [3.8, 4) is 0 Å². The van der Waals surface area contributed by atoms with Crippen LogP contribution in [0.5, 0.6) is 0 Å². The van der Waals surface area contributed by atoms with Crippen LogP contribution in [0.4, 0.5) is 0 Å². The molecule has 2 rings (SSSR count). The van der Waals surface area contributed by atoms with Gasteiger partial charge in [0, 0.05) is 39.6 Å². The van der Waals surface area contributed by atoms with Gasteiger partial charge in [-0.3, -0.25) is 4.99 Å². The number of aliphatic imine (C=N–C) groups is 1. The summed E-state index contributed by atoms with van der Waals surface area (Å²) < 4.78 is 2.09. The zero-order chi connectivity index (χ0) is 18.9. The Morgan fingerprint density at radius 2 is 2.08 bits per heavy atom. The molecule has 0 saturated heterocycles. The van der Waals surface area contributed by atoms with Gasteiger partial charge in [0.05, 0.1) is 0 Å². The molecule has 1 N–H and O–H groups in total. The standard InChI is InChI=1S/C20H32N6/c1-6-19-24-23-15-26(19)12-11-21-20(22-13-16(2)3)25(5)14-18-10-8-7-9-17(18)4/h7-10,15-16H,6,11-14H2,1-5H3,(H,21,22). The average molecular weight is 357 g/mol. The molecule has 1 heterocycles. The summed E-state index contributed by atoms with van der Waals surface area (Å²) in [7, 11) is 2.09. The lowest BCUT2D eigenvalue weighted by molar-refractivity contribution is 0.466. The highest BCUT2D eigenvalue weighted by Crippen LogP contribution is 2.10. The second kappa shape index (κ2) is 9.94. The SMILES string of the molecule is CCc1nncn1CCNC(=NCC(C)C)N(C)Cc1ccccc1C. The number of aryl methyl sites for hydroxylation is 2. The first-order valence-corrected chi connectivity index (χ1v) is 9.41. The van der Waals surface area contributed by atoms with Gasteiger partial charge in [-0.05, 0) is 24.0 Å². The molecular weight excluding hydrogens is 324 g/mol. The molecule has 0 amide bonds. The van der Waals surface area contributed by atoms with Crippen LogP contribution in [0.2, 0.25) is 0 Å². The highest BCUT2D eigenvalue weighted by Gasteiger charge is 2.09. The number of rotatable bonds is 8. The summed E-state index contributed by atoms with van der Waals surface area (Å²) in [4.78, 5) is 6.99. The molecule has 0 radical (unpaired) electrons. The average Bonchev–Trinajstić information content (AvgIpc) is 3.07. The number of guanidine groups is 1. The summed E-state index contributed by atoms with van der Waals surface area (Å²) >= 11 is 0. The normalized spacial score (nSPS) is 11.8. The smallest absolute Gasteiger partial charge is 0.194 e. The van der Waals surface area contributed by atoms with Crippen molar-refractivity contribution < 1.29 is 0 Å². The fraction of sp³-hybridized carbons (Fsp3) is 0.550. The maximum Gasteiger partial charge on any atom is 0.194 e. The van der Waals surface area contributed by atoms with E-state index in [4.69, 9.17) is 4.99 Å². The molecule has 0 bridgehead atoms. The zero-order valence-electron chi connectivity index (χ0n) is 16.7. The van der Waals surface area contributed by atoms with Gasteiger partial charge in [0.15, 0.2) is 5.96 Å². The van der Waals surface area contributed by atoms with Crippen LogP contribution in [0.3, 0.4) is 0 Å². The Bertz CT molecular complexity index is 704. The molecule has 0 unspecified atom stereocenters. The Morgan fingerprint density at radius 3 is 2.77 bits per heavy atom. The van der Waals surface area contributed by atoms with E-state index in [1.807, 2.05) is 0 Å². The molecule has 0 spiro atoms. The van der Waals surface area contributed by atoms with Gasteiger partial charge in [0.2, 0.25) is 0 Å². The van der Waals surface area contributed by atoms with Crippen molar-refractivity contribution >= 4 is 5.96 Å². The topological polar surface area (TPSA) is 58.3 Å². The van der Waals surface area contributed by atoms with Crippen LogP contribution >= 0.6 is 0 Å². The summed E-state index contributed by atoms with van der Waals surface area (Å²) in [5, 5.41) is 11.6. The highest BCUT2D eigenvalue weighted by molar-refractivity contribution is 5.79. The molecular formula is C20H32N6. The van der Waals surface area contributed by atoms with E-state index < -0.39 is 0 Å². The van der Waals surface area contributed by atoms with Crippen molar-refractivity contribution in [1.82, 2.24) is 25.0 Å². The first-order chi connectivity index (χ1) is 12.5. The third kappa shape index (κ3) is 5.86. The summed E-state index contributed by atoms with van der Waals surface area (Å²) in [6.07, 6.45) is 2.68. The molecule has 0 aliphatic rings. The molecule has 0 atom stereocenters. The zero-order valence-corrected chi connectivity index (χ0v) is 16.7. The number of hydrogen-bond donors (Lipinski definition) is 1. The minimum Gasteiger partial charge on any atom is -0.354 e. The Kier molecular flexibility index (Phi) is 7.63. The summed E-state index contributed by atoms with van der Waals surface area (Å²) in [5.74, 6) is 2.48. The molecule has 1 aromatic heterocycles. The van der Waals surface area contributed by atoms with Gasteiger partial charge < -0.3 is 14.8 Å². The van der Waals surface area contributed by atoms with Crippen molar-refractivity contribution in [2.24, 2.45) is 10.9 Å². The third-order valence-corrected chi connectivity index (χ3v) is 4.28. The van der Waals surface area contributed by atoms with Crippen LogP contribution in [0.25, 0.3) is 0 Å². The van der Waals surface area contributed by atoms with Gasteiger partial charge in [-0.2, -0.15) is 0 Å². The lowest BCUT2D eigenvalue weighted by Gasteiger charge is -2.24. The maximum atomic E-state index is 4.80. The van der Waals surface area contributed by atoms with E-state index in [1.165, 1.54) is 11.1 Å². The molecule has 2 aromatic rings.